The molecule has 2 atom stereocenters. The Morgan fingerprint density at radius 2 is 1.79 bits per heavy atom. The number of amidine groups is 1. The van der Waals surface area contributed by atoms with E-state index in [1.165, 1.54) is 12.1 Å². The zero-order valence-electron chi connectivity index (χ0n) is 29.0. The van der Waals surface area contributed by atoms with E-state index in [-0.39, 0.29) is 41.0 Å². The van der Waals surface area contributed by atoms with Crippen LogP contribution in [0.15, 0.2) is 46.4 Å². The molecular weight excluding hydrogens is 599 g/mol. The first-order valence-corrected chi connectivity index (χ1v) is 17.3. The third-order valence-corrected chi connectivity index (χ3v) is 8.92. The molecule has 3 N–H and O–H groups in total. The number of aliphatic imine (C=N–C) groups is 2. The van der Waals surface area contributed by atoms with E-state index in [1.807, 2.05) is 13.0 Å². The fraction of sp³-hybridized carbons (Fsp3) is 0.526. The molecule has 0 aliphatic carbocycles. The van der Waals surface area contributed by atoms with Crippen LogP contribution in [0, 0.1) is 17.5 Å². The highest BCUT2D eigenvalue weighted by Crippen LogP contribution is 2.40. The zero-order valence-corrected chi connectivity index (χ0v) is 29.0. The third-order valence-electron chi connectivity index (χ3n) is 8.92. The fourth-order valence-electron chi connectivity index (χ4n) is 5.99. The molecule has 2 unspecified atom stereocenters. The number of benzene rings is 3. The topological polar surface area (TPSA) is 75.2 Å². The van der Waals surface area contributed by atoms with Crippen LogP contribution in [0.2, 0.25) is 0 Å². The van der Waals surface area contributed by atoms with Crippen LogP contribution >= 0.6 is 0 Å². The number of ether oxygens (including phenoxy) is 1. The van der Waals surface area contributed by atoms with Gasteiger partial charge >= 0.3 is 0 Å². The molecule has 0 spiro atoms. The molecule has 0 aromatic heterocycles. The van der Waals surface area contributed by atoms with E-state index in [2.05, 4.69) is 54.6 Å². The second-order valence-electron chi connectivity index (χ2n) is 12.2. The summed E-state index contributed by atoms with van der Waals surface area (Å²) in [6.07, 6.45) is 6.91. The second kappa shape index (κ2) is 19.5. The van der Waals surface area contributed by atoms with E-state index in [0.29, 0.717) is 42.0 Å². The highest BCUT2D eigenvalue weighted by molar-refractivity contribution is 6.05. The Labute approximate surface area is 279 Å². The van der Waals surface area contributed by atoms with E-state index >= 15 is 8.78 Å². The highest BCUT2D eigenvalue weighted by atomic mass is 19.1. The predicted molar refractivity (Wildman–Crippen MR) is 192 cm³/mol. The van der Waals surface area contributed by atoms with Gasteiger partial charge in [-0.2, -0.15) is 0 Å². The van der Waals surface area contributed by atoms with Gasteiger partial charge in [0.05, 0.1) is 12.2 Å². The number of nitrogens with zero attached hydrogens (tertiary/aromatic N) is 3. The standard InChI is InChI=1S/C38H54F3N5O/c1-7-21-46(26(5)8-2)22-14-23-47-25-45-38(44-20-12-11-16-28(42)9-3)31-24-33(40)35(36(41)37(31)43-6)30-17-13-15-27-18-19-32(39)29(10-4)34(27)30/h13,15,17-19,24,26,28H,6-12,14,16,20-23,25,42H2,1-5H3,(H,44,45). The first-order valence-electron chi connectivity index (χ1n) is 17.3. The molecule has 0 radical (unpaired) electrons. The number of fused-ring (bicyclic) bond motifs is 1. The molecule has 0 saturated carbocycles. The van der Waals surface area contributed by atoms with Crippen molar-refractivity contribution in [2.24, 2.45) is 15.7 Å². The summed E-state index contributed by atoms with van der Waals surface area (Å²) in [5, 5.41) is 4.45. The molecule has 6 nitrogen and oxygen atoms in total. The van der Waals surface area contributed by atoms with E-state index < -0.39 is 17.5 Å². The molecule has 3 aromatic carbocycles. The SMILES string of the molecule is C=Nc1c(C(=NCOCCCN(CCC)C(C)CC)NCCCCC(N)CC)cc(F)c(-c2cccc3ccc(F)c(CC)c23)c1F. The quantitative estimate of drug-likeness (QED) is 0.0726. The molecule has 0 saturated heterocycles. The zero-order chi connectivity index (χ0) is 34.3. The van der Waals surface area contributed by atoms with Gasteiger partial charge in [0.2, 0.25) is 0 Å². The summed E-state index contributed by atoms with van der Waals surface area (Å²) in [4.78, 5) is 11.1. The van der Waals surface area contributed by atoms with Crippen LogP contribution in [0.25, 0.3) is 21.9 Å². The van der Waals surface area contributed by atoms with Crippen molar-refractivity contribution in [1.82, 2.24) is 10.2 Å². The smallest absolute Gasteiger partial charge is 0.160 e. The van der Waals surface area contributed by atoms with Gasteiger partial charge in [0.1, 0.15) is 29.9 Å². The third kappa shape index (κ3) is 10.1. The van der Waals surface area contributed by atoms with Crippen molar-refractivity contribution in [3.8, 4) is 11.1 Å². The summed E-state index contributed by atoms with van der Waals surface area (Å²) in [6, 6.07) is 10.0. The Kier molecular flexibility index (Phi) is 15.9. The molecule has 47 heavy (non-hydrogen) atoms. The lowest BCUT2D eigenvalue weighted by Crippen LogP contribution is -2.34. The summed E-state index contributed by atoms with van der Waals surface area (Å²) in [5.41, 5.74) is 6.50. The number of nitrogens with one attached hydrogen (secondary N) is 1. The minimum atomic E-state index is -0.876. The van der Waals surface area contributed by atoms with Crippen molar-refractivity contribution in [1.29, 1.82) is 0 Å². The van der Waals surface area contributed by atoms with Gasteiger partial charge < -0.3 is 20.7 Å². The first kappa shape index (κ1) is 38.2. The minimum absolute atomic E-state index is 0.0180. The van der Waals surface area contributed by atoms with E-state index in [1.54, 1.807) is 18.2 Å². The lowest BCUT2D eigenvalue weighted by molar-refractivity contribution is 0.118. The Bertz CT molecular complexity index is 1480. The largest absolute Gasteiger partial charge is 0.370 e. The number of nitrogens with two attached hydrogens (primary N) is 1. The Morgan fingerprint density at radius 1 is 1.00 bits per heavy atom. The van der Waals surface area contributed by atoms with E-state index in [0.717, 1.165) is 58.0 Å². The predicted octanol–water partition coefficient (Wildman–Crippen LogP) is 8.94. The molecular formula is C38H54F3N5O. The molecule has 258 valence electrons. The van der Waals surface area contributed by atoms with Crippen molar-refractivity contribution < 1.29 is 17.9 Å². The van der Waals surface area contributed by atoms with Gasteiger partial charge in [-0.3, -0.25) is 4.99 Å². The van der Waals surface area contributed by atoms with Gasteiger partial charge in [0.25, 0.3) is 0 Å². The Hall–Kier alpha value is -3.27. The first-order chi connectivity index (χ1) is 22.7. The van der Waals surface area contributed by atoms with Crippen molar-refractivity contribution in [3.63, 3.8) is 0 Å². The van der Waals surface area contributed by atoms with Gasteiger partial charge in [-0.25, -0.2) is 18.2 Å². The molecule has 0 heterocycles. The second-order valence-corrected chi connectivity index (χ2v) is 12.2. The summed E-state index contributed by atoms with van der Waals surface area (Å²) in [6.45, 7) is 17.1. The van der Waals surface area contributed by atoms with Crippen LogP contribution in [-0.2, 0) is 11.2 Å². The van der Waals surface area contributed by atoms with Crippen molar-refractivity contribution in [3.05, 3.63) is 65.0 Å². The summed E-state index contributed by atoms with van der Waals surface area (Å²) >= 11 is 0. The number of hydrogen-bond donors (Lipinski definition) is 2. The lowest BCUT2D eigenvalue weighted by Gasteiger charge is -2.27. The number of rotatable bonds is 20. The molecule has 9 heteroatoms. The monoisotopic (exact) mass is 653 g/mol. The molecule has 3 aromatic rings. The number of halogens is 3. The van der Waals surface area contributed by atoms with Crippen LogP contribution in [0.5, 0.6) is 0 Å². The molecule has 0 amide bonds. The van der Waals surface area contributed by atoms with Crippen LogP contribution in [0.4, 0.5) is 18.9 Å². The van der Waals surface area contributed by atoms with Gasteiger partial charge in [-0.05, 0) is 99.2 Å². The normalized spacial score (nSPS) is 13.4. The van der Waals surface area contributed by atoms with Crippen molar-refractivity contribution >= 4 is 29.0 Å². The summed E-state index contributed by atoms with van der Waals surface area (Å²) < 4.78 is 53.2. The van der Waals surface area contributed by atoms with Gasteiger partial charge in [0, 0.05) is 30.7 Å². The average molecular weight is 654 g/mol. The van der Waals surface area contributed by atoms with Crippen LogP contribution in [-0.4, -0.2) is 62.5 Å². The summed E-state index contributed by atoms with van der Waals surface area (Å²) in [5.74, 6) is -1.81. The Balaban J connectivity index is 1.93. The van der Waals surface area contributed by atoms with Crippen molar-refractivity contribution in [2.45, 2.75) is 98.1 Å². The fourth-order valence-corrected chi connectivity index (χ4v) is 5.99. The van der Waals surface area contributed by atoms with Gasteiger partial charge in [-0.1, -0.05) is 58.4 Å². The van der Waals surface area contributed by atoms with Gasteiger partial charge in [-0.15, -0.1) is 0 Å². The molecule has 0 fully saturated rings. The number of aryl methyl sites for hydroxylation is 1. The van der Waals surface area contributed by atoms with Crippen LogP contribution in [0.3, 0.4) is 0 Å². The Morgan fingerprint density at radius 3 is 2.47 bits per heavy atom. The van der Waals surface area contributed by atoms with E-state index in [9.17, 15) is 4.39 Å². The van der Waals surface area contributed by atoms with Crippen LogP contribution < -0.4 is 11.1 Å². The molecule has 0 aliphatic rings. The minimum Gasteiger partial charge on any atom is -0.370 e. The average Bonchev–Trinajstić information content (AvgIpc) is 3.07. The maximum Gasteiger partial charge on any atom is 0.160 e. The maximum absolute atomic E-state index is 16.4. The highest BCUT2D eigenvalue weighted by Gasteiger charge is 2.24. The van der Waals surface area contributed by atoms with Crippen LogP contribution in [0.1, 0.15) is 90.7 Å². The molecule has 0 bridgehead atoms. The van der Waals surface area contributed by atoms with Crippen molar-refractivity contribution in [2.75, 3.05) is 33.0 Å². The van der Waals surface area contributed by atoms with E-state index in [4.69, 9.17) is 10.5 Å². The summed E-state index contributed by atoms with van der Waals surface area (Å²) in [7, 11) is 0. The number of unbranched alkanes of at least 4 members (excludes halogenated alkanes) is 1. The molecule has 0 aliphatic heterocycles. The lowest BCUT2D eigenvalue weighted by atomic mass is 9.91. The number of hydrogen-bond acceptors (Lipinski definition) is 5. The van der Waals surface area contributed by atoms with Gasteiger partial charge in [0.15, 0.2) is 5.82 Å². The molecule has 3 rings (SSSR count). The maximum atomic E-state index is 16.4.